The number of ether oxygens (including phenoxy) is 1. The summed E-state index contributed by atoms with van der Waals surface area (Å²) < 4.78 is 5.29. The molecule has 0 fully saturated rings. The Morgan fingerprint density at radius 2 is 1.71 bits per heavy atom. The quantitative estimate of drug-likeness (QED) is 0.311. The number of hydrogen-bond donors (Lipinski definition) is 2. The zero-order valence-electron chi connectivity index (χ0n) is 22.9. The normalized spacial score (nSPS) is 15.2. The van der Waals surface area contributed by atoms with Crippen molar-refractivity contribution in [1.82, 2.24) is 15.1 Å². The molecule has 1 aliphatic heterocycles. The van der Waals surface area contributed by atoms with Crippen LogP contribution in [0.3, 0.4) is 0 Å². The molecule has 0 saturated carbocycles. The second-order valence-corrected chi connectivity index (χ2v) is 11.2. The van der Waals surface area contributed by atoms with Crippen molar-refractivity contribution >= 4 is 5.91 Å². The van der Waals surface area contributed by atoms with Gasteiger partial charge in [-0.1, -0.05) is 63.2 Å². The molecule has 0 saturated heterocycles. The summed E-state index contributed by atoms with van der Waals surface area (Å²) in [4.78, 5) is 15.7. The number of H-pyrrole nitrogens is 1. The van der Waals surface area contributed by atoms with E-state index in [0.29, 0.717) is 29.9 Å². The van der Waals surface area contributed by atoms with Gasteiger partial charge in [-0.15, -0.1) is 0 Å². The fourth-order valence-corrected chi connectivity index (χ4v) is 5.33. The van der Waals surface area contributed by atoms with Gasteiger partial charge in [-0.2, -0.15) is 5.10 Å². The number of phenolic OH excluding ortho intramolecular Hbond substituents is 1. The Bertz CT molecular complexity index is 1480. The van der Waals surface area contributed by atoms with E-state index in [4.69, 9.17) is 4.74 Å². The van der Waals surface area contributed by atoms with Crippen molar-refractivity contribution in [2.75, 3.05) is 13.7 Å². The number of aryl methyl sites for hydroxylation is 2. The maximum Gasteiger partial charge on any atom is 0.273 e. The van der Waals surface area contributed by atoms with Gasteiger partial charge < -0.3 is 14.7 Å². The summed E-state index contributed by atoms with van der Waals surface area (Å²) in [5.41, 5.74) is 7.77. The minimum Gasteiger partial charge on any atom is -0.507 e. The van der Waals surface area contributed by atoms with E-state index in [-0.39, 0.29) is 23.1 Å². The van der Waals surface area contributed by atoms with E-state index in [2.05, 4.69) is 55.2 Å². The Labute approximate surface area is 224 Å². The summed E-state index contributed by atoms with van der Waals surface area (Å²) >= 11 is 0. The number of rotatable bonds is 6. The number of methoxy groups -OCH3 is 1. The van der Waals surface area contributed by atoms with Gasteiger partial charge in [0.1, 0.15) is 22.9 Å². The fourth-order valence-electron chi connectivity index (χ4n) is 5.33. The highest BCUT2D eigenvalue weighted by atomic mass is 16.5. The van der Waals surface area contributed by atoms with Crippen LogP contribution in [0.1, 0.15) is 70.7 Å². The Kier molecular flexibility index (Phi) is 6.51. The molecule has 2 heterocycles. The highest BCUT2D eigenvalue weighted by Crippen LogP contribution is 2.45. The number of hydrogen-bond acceptors (Lipinski definition) is 4. The van der Waals surface area contributed by atoms with Crippen LogP contribution < -0.4 is 4.74 Å². The van der Waals surface area contributed by atoms with Crippen molar-refractivity contribution in [3.63, 3.8) is 0 Å². The Hall–Kier alpha value is -4.06. The smallest absolute Gasteiger partial charge is 0.273 e. The summed E-state index contributed by atoms with van der Waals surface area (Å²) in [5.74, 6) is 0.915. The molecule has 38 heavy (non-hydrogen) atoms. The van der Waals surface area contributed by atoms with Crippen molar-refractivity contribution in [2.24, 2.45) is 0 Å². The van der Waals surface area contributed by atoms with Crippen molar-refractivity contribution in [1.29, 1.82) is 0 Å². The second kappa shape index (κ2) is 9.67. The first kappa shape index (κ1) is 25.6. The highest BCUT2D eigenvalue weighted by molar-refractivity contribution is 6.00. The molecule has 0 unspecified atom stereocenters. The number of carbonyl (C=O) groups excluding carboxylic acids is 1. The van der Waals surface area contributed by atoms with Gasteiger partial charge in [-0.25, -0.2) is 0 Å². The van der Waals surface area contributed by atoms with Crippen LogP contribution in [-0.4, -0.2) is 39.8 Å². The Morgan fingerprint density at radius 1 is 1.03 bits per heavy atom. The molecule has 0 spiro atoms. The van der Waals surface area contributed by atoms with E-state index >= 15 is 0 Å². The largest absolute Gasteiger partial charge is 0.507 e. The zero-order valence-corrected chi connectivity index (χ0v) is 22.9. The monoisotopic (exact) mass is 509 g/mol. The van der Waals surface area contributed by atoms with E-state index in [1.165, 1.54) is 5.56 Å². The first-order chi connectivity index (χ1) is 18.1. The number of nitrogens with zero attached hydrogens (tertiary/aromatic N) is 2. The molecule has 6 heteroatoms. The van der Waals surface area contributed by atoms with Gasteiger partial charge in [0.05, 0.1) is 13.2 Å². The molecule has 3 aromatic carbocycles. The molecule has 1 atom stereocenters. The van der Waals surface area contributed by atoms with Crippen molar-refractivity contribution < 1.29 is 14.6 Å². The third-order valence-electron chi connectivity index (χ3n) is 7.46. The van der Waals surface area contributed by atoms with Crippen LogP contribution in [0.5, 0.6) is 11.5 Å². The van der Waals surface area contributed by atoms with Crippen LogP contribution >= 0.6 is 0 Å². The van der Waals surface area contributed by atoms with Gasteiger partial charge in [0.2, 0.25) is 0 Å². The molecule has 0 radical (unpaired) electrons. The van der Waals surface area contributed by atoms with E-state index in [0.717, 1.165) is 33.6 Å². The van der Waals surface area contributed by atoms with Gasteiger partial charge in [-0.05, 0) is 71.7 Å². The minimum absolute atomic E-state index is 0.0227. The first-order valence-corrected chi connectivity index (χ1v) is 13.0. The molecule has 0 bridgehead atoms. The van der Waals surface area contributed by atoms with Crippen LogP contribution in [0.2, 0.25) is 0 Å². The lowest BCUT2D eigenvalue weighted by Crippen LogP contribution is -2.31. The molecular weight excluding hydrogens is 474 g/mol. The SMILES string of the molecule is COc1ccc(CCN2C(=O)c3[nH]nc(-c4cc(C)cc(C)c4O)c3[C@H]2c2ccc(C(C)(C)C)cc2)cc1. The lowest BCUT2D eigenvalue weighted by atomic mass is 9.85. The predicted octanol–water partition coefficient (Wildman–Crippen LogP) is 6.49. The van der Waals surface area contributed by atoms with Crippen LogP contribution in [0.4, 0.5) is 0 Å². The molecule has 0 aliphatic carbocycles. The van der Waals surface area contributed by atoms with E-state index < -0.39 is 0 Å². The summed E-state index contributed by atoms with van der Waals surface area (Å²) in [6.45, 7) is 11.0. The van der Waals surface area contributed by atoms with Crippen molar-refractivity contribution in [3.05, 3.63) is 99.7 Å². The van der Waals surface area contributed by atoms with Gasteiger partial charge in [0.25, 0.3) is 5.91 Å². The lowest BCUT2D eigenvalue weighted by molar-refractivity contribution is 0.0746. The number of nitrogens with one attached hydrogen (secondary N) is 1. The predicted molar refractivity (Wildman–Crippen MR) is 150 cm³/mol. The standard InChI is InChI=1S/C32H35N3O3/c1-19-17-20(2)30(36)25(18-19)27-26-28(34-33-27)31(37)35(16-15-21-7-13-24(38-6)14-8-21)29(26)22-9-11-23(12-10-22)32(3,4)5/h7-14,17-18,29,36H,15-16H2,1-6H3,(H,33,34)/t29-/m1/s1. The van der Waals surface area contributed by atoms with Crippen molar-refractivity contribution in [3.8, 4) is 22.8 Å². The molecule has 1 amide bonds. The third kappa shape index (κ3) is 4.55. The molecule has 4 aromatic rings. The summed E-state index contributed by atoms with van der Waals surface area (Å²) in [5, 5.41) is 18.5. The summed E-state index contributed by atoms with van der Waals surface area (Å²) in [7, 11) is 1.65. The molecule has 196 valence electrons. The number of fused-ring (bicyclic) bond motifs is 1. The van der Waals surface area contributed by atoms with Gasteiger partial charge in [0, 0.05) is 17.7 Å². The van der Waals surface area contributed by atoms with Crippen LogP contribution in [0, 0.1) is 13.8 Å². The van der Waals surface area contributed by atoms with E-state index in [1.807, 2.05) is 55.1 Å². The average Bonchev–Trinajstić information content (AvgIpc) is 3.43. The molecular formula is C32H35N3O3. The van der Waals surface area contributed by atoms with Crippen molar-refractivity contribution in [2.45, 2.75) is 52.5 Å². The van der Waals surface area contributed by atoms with E-state index in [1.54, 1.807) is 7.11 Å². The molecule has 6 nitrogen and oxygen atoms in total. The van der Waals surface area contributed by atoms with Gasteiger partial charge in [-0.3, -0.25) is 9.89 Å². The molecule has 1 aliphatic rings. The fraction of sp³-hybridized carbons (Fsp3) is 0.312. The zero-order chi connectivity index (χ0) is 27.2. The number of aromatic nitrogens is 2. The van der Waals surface area contributed by atoms with Crippen LogP contribution in [0.25, 0.3) is 11.3 Å². The first-order valence-electron chi connectivity index (χ1n) is 13.0. The summed E-state index contributed by atoms with van der Waals surface area (Å²) in [6, 6.07) is 20.0. The Balaban J connectivity index is 1.59. The number of aromatic hydroxyl groups is 1. The summed E-state index contributed by atoms with van der Waals surface area (Å²) in [6.07, 6.45) is 0.703. The Morgan fingerprint density at radius 3 is 2.34 bits per heavy atom. The molecule has 1 aromatic heterocycles. The number of benzene rings is 3. The van der Waals surface area contributed by atoms with Gasteiger partial charge >= 0.3 is 0 Å². The number of phenols is 1. The third-order valence-corrected chi connectivity index (χ3v) is 7.46. The topological polar surface area (TPSA) is 78.5 Å². The van der Waals surface area contributed by atoms with E-state index in [9.17, 15) is 9.90 Å². The molecule has 2 N–H and O–H groups in total. The van der Waals surface area contributed by atoms with Crippen LogP contribution in [-0.2, 0) is 11.8 Å². The second-order valence-electron chi connectivity index (χ2n) is 11.2. The maximum atomic E-state index is 13.8. The van der Waals surface area contributed by atoms with Gasteiger partial charge in [0.15, 0.2) is 0 Å². The number of aromatic amines is 1. The highest BCUT2D eigenvalue weighted by Gasteiger charge is 2.42. The number of amides is 1. The maximum absolute atomic E-state index is 13.8. The van der Waals surface area contributed by atoms with Crippen LogP contribution in [0.15, 0.2) is 60.7 Å². The number of carbonyl (C=O) groups is 1. The lowest BCUT2D eigenvalue weighted by Gasteiger charge is -2.27. The molecule has 5 rings (SSSR count). The minimum atomic E-state index is -0.321. The average molecular weight is 510 g/mol.